The van der Waals surface area contributed by atoms with Gasteiger partial charge in [-0.05, 0) is 23.8 Å². The Labute approximate surface area is 115 Å². The summed E-state index contributed by atoms with van der Waals surface area (Å²) in [5.41, 5.74) is 9.88. The molecule has 102 valence electrons. The van der Waals surface area contributed by atoms with Crippen LogP contribution in [0.25, 0.3) is 11.1 Å². The van der Waals surface area contributed by atoms with Gasteiger partial charge < -0.3 is 16.4 Å². The Balaban J connectivity index is 2.06. The molecule has 5 nitrogen and oxygen atoms in total. The third-order valence-electron chi connectivity index (χ3n) is 3.27. The molecule has 1 aliphatic rings. The molecule has 0 radical (unpaired) electrons. The lowest BCUT2D eigenvalue weighted by Gasteiger charge is -2.18. The number of nitrogens with one attached hydrogen (secondary N) is 2. The summed E-state index contributed by atoms with van der Waals surface area (Å²) in [5, 5.41) is 5.82. The molecule has 0 spiro atoms. The monoisotopic (exact) mass is 271 g/mol. The number of fused-ring (bicyclic) bond motifs is 1. The fourth-order valence-corrected chi connectivity index (χ4v) is 2.17. The third-order valence-corrected chi connectivity index (χ3v) is 3.27. The Morgan fingerprint density at radius 1 is 1.30 bits per heavy atom. The summed E-state index contributed by atoms with van der Waals surface area (Å²) in [6.07, 6.45) is 2.71. The van der Waals surface area contributed by atoms with Crippen molar-refractivity contribution in [3.05, 3.63) is 42.0 Å². The maximum Gasteiger partial charge on any atom is 0.236 e. The first kappa shape index (κ1) is 12.6. The molecule has 1 unspecified atom stereocenters. The summed E-state index contributed by atoms with van der Waals surface area (Å²) in [5.74, 6) is -0.517. The Morgan fingerprint density at radius 2 is 2.15 bits per heavy atom. The van der Waals surface area contributed by atoms with Crippen LogP contribution in [-0.4, -0.2) is 18.4 Å². The summed E-state index contributed by atoms with van der Waals surface area (Å²) in [6, 6.07) is 7.52. The van der Waals surface area contributed by atoms with E-state index in [0.29, 0.717) is 5.69 Å². The Bertz CT molecular complexity index is 683. The standard InChI is InChI=1S/C14H14FN5/c1-17-12-5-9(6-18-13(12)15)8-2-3-11-10(4-8)14(16)20-7-19-11/h2-7,14,17H,16H2,1H3,(H,19,20). The lowest BCUT2D eigenvalue weighted by Crippen LogP contribution is -2.16. The van der Waals surface area contributed by atoms with Gasteiger partial charge >= 0.3 is 0 Å². The highest BCUT2D eigenvalue weighted by Crippen LogP contribution is 2.31. The Hall–Kier alpha value is -2.47. The molecular formula is C14H14FN5. The summed E-state index contributed by atoms with van der Waals surface area (Å²) in [4.78, 5) is 7.86. The van der Waals surface area contributed by atoms with E-state index < -0.39 is 5.95 Å². The molecule has 3 rings (SSSR count). The van der Waals surface area contributed by atoms with Gasteiger partial charge in [-0.3, -0.25) is 4.99 Å². The van der Waals surface area contributed by atoms with Gasteiger partial charge in [0.2, 0.25) is 5.95 Å². The first-order valence-corrected chi connectivity index (χ1v) is 6.20. The molecule has 0 aliphatic carbocycles. The maximum atomic E-state index is 13.4. The zero-order chi connectivity index (χ0) is 14.1. The van der Waals surface area contributed by atoms with E-state index in [1.54, 1.807) is 19.5 Å². The average Bonchev–Trinajstić information content (AvgIpc) is 2.48. The number of anilines is 2. The van der Waals surface area contributed by atoms with Gasteiger partial charge in [0, 0.05) is 30.1 Å². The lowest BCUT2D eigenvalue weighted by molar-refractivity contribution is 0.588. The van der Waals surface area contributed by atoms with Crippen molar-refractivity contribution in [2.45, 2.75) is 6.17 Å². The SMILES string of the molecule is CNc1cc(-c2ccc3c(c2)C(N)N=CN3)cnc1F. The molecule has 2 aromatic rings. The average molecular weight is 271 g/mol. The number of hydrogen-bond donors (Lipinski definition) is 3. The second kappa shape index (κ2) is 4.90. The molecule has 1 aromatic heterocycles. The summed E-state index contributed by atoms with van der Waals surface area (Å²) in [6.45, 7) is 0. The van der Waals surface area contributed by atoms with Crippen LogP contribution < -0.4 is 16.4 Å². The molecule has 1 aromatic carbocycles. The van der Waals surface area contributed by atoms with Gasteiger partial charge in [-0.15, -0.1) is 0 Å². The molecule has 4 N–H and O–H groups in total. The van der Waals surface area contributed by atoms with Crippen LogP contribution in [-0.2, 0) is 0 Å². The van der Waals surface area contributed by atoms with Gasteiger partial charge in [0.1, 0.15) is 6.17 Å². The molecule has 2 heterocycles. The number of rotatable bonds is 2. The number of halogens is 1. The van der Waals surface area contributed by atoms with Crippen molar-refractivity contribution in [1.82, 2.24) is 4.98 Å². The van der Waals surface area contributed by atoms with Gasteiger partial charge in [0.25, 0.3) is 0 Å². The van der Waals surface area contributed by atoms with Gasteiger partial charge in [-0.1, -0.05) is 6.07 Å². The largest absolute Gasteiger partial charge is 0.384 e. The van der Waals surface area contributed by atoms with Crippen molar-refractivity contribution in [3.8, 4) is 11.1 Å². The smallest absolute Gasteiger partial charge is 0.236 e. The summed E-state index contributed by atoms with van der Waals surface area (Å²) in [7, 11) is 1.66. The van der Waals surface area contributed by atoms with E-state index in [9.17, 15) is 4.39 Å². The van der Waals surface area contributed by atoms with Crippen molar-refractivity contribution in [2.75, 3.05) is 17.7 Å². The van der Waals surface area contributed by atoms with Crippen molar-refractivity contribution < 1.29 is 4.39 Å². The van der Waals surface area contributed by atoms with E-state index in [1.165, 1.54) is 6.20 Å². The molecule has 6 heteroatoms. The van der Waals surface area contributed by atoms with Gasteiger partial charge in [0.05, 0.1) is 12.0 Å². The van der Waals surface area contributed by atoms with Crippen LogP contribution in [0.1, 0.15) is 11.7 Å². The molecule has 1 aliphatic heterocycles. The predicted octanol–water partition coefficient (Wildman–Crippen LogP) is 2.34. The zero-order valence-electron chi connectivity index (χ0n) is 10.9. The molecule has 0 bridgehead atoms. The third kappa shape index (κ3) is 2.10. The number of aliphatic imine (C=N–C) groups is 1. The van der Waals surface area contributed by atoms with Crippen LogP contribution in [0.5, 0.6) is 0 Å². The van der Waals surface area contributed by atoms with Crippen LogP contribution in [0.2, 0.25) is 0 Å². The van der Waals surface area contributed by atoms with Crippen LogP contribution >= 0.6 is 0 Å². The van der Waals surface area contributed by atoms with E-state index >= 15 is 0 Å². The first-order valence-electron chi connectivity index (χ1n) is 6.20. The minimum absolute atomic E-state index is 0.362. The van der Waals surface area contributed by atoms with E-state index in [2.05, 4.69) is 20.6 Å². The minimum atomic E-state index is -0.517. The number of nitrogens with zero attached hydrogens (tertiary/aromatic N) is 2. The zero-order valence-corrected chi connectivity index (χ0v) is 10.9. The minimum Gasteiger partial charge on any atom is -0.384 e. The van der Waals surface area contributed by atoms with Crippen LogP contribution in [0.15, 0.2) is 35.5 Å². The number of aromatic nitrogens is 1. The van der Waals surface area contributed by atoms with Gasteiger partial charge in [-0.2, -0.15) is 4.39 Å². The van der Waals surface area contributed by atoms with E-state index in [4.69, 9.17) is 5.73 Å². The van der Waals surface area contributed by atoms with E-state index in [1.807, 2.05) is 18.2 Å². The fraction of sp³-hybridized carbons (Fsp3) is 0.143. The Kier molecular flexibility index (Phi) is 3.08. The quantitative estimate of drug-likeness (QED) is 0.733. The van der Waals surface area contributed by atoms with Gasteiger partial charge in [0.15, 0.2) is 0 Å². The molecule has 0 saturated heterocycles. The highest BCUT2D eigenvalue weighted by Gasteiger charge is 2.15. The first-order chi connectivity index (χ1) is 9.69. The van der Waals surface area contributed by atoms with Crippen molar-refractivity contribution in [2.24, 2.45) is 10.7 Å². The van der Waals surface area contributed by atoms with Crippen LogP contribution in [0, 0.1) is 5.95 Å². The summed E-state index contributed by atoms with van der Waals surface area (Å²) < 4.78 is 13.4. The summed E-state index contributed by atoms with van der Waals surface area (Å²) >= 11 is 0. The van der Waals surface area contributed by atoms with Crippen LogP contribution in [0.4, 0.5) is 15.8 Å². The van der Waals surface area contributed by atoms with Crippen molar-refractivity contribution >= 4 is 17.7 Å². The highest BCUT2D eigenvalue weighted by molar-refractivity contribution is 5.82. The predicted molar refractivity (Wildman–Crippen MR) is 78.2 cm³/mol. The number of hydrogen-bond acceptors (Lipinski definition) is 5. The topological polar surface area (TPSA) is 75.3 Å². The number of benzene rings is 1. The molecular weight excluding hydrogens is 257 g/mol. The lowest BCUT2D eigenvalue weighted by atomic mass is 10.0. The molecule has 0 saturated carbocycles. The second-order valence-corrected chi connectivity index (χ2v) is 4.48. The van der Waals surface area contributed by atoms with Crippen LogP contribution in [0.3, 0.4) is 0 Å². The molecule has 0 fully saturated rings. The molecule has 20 heavy (non-hydrogen) atoms. The van der Waals surface area contributed by atoms with E-state index in [0.717, 1.165) is 22.4 Å². The van der Waals surface area contributed by atoms with Gasteiger partial charge in [-0.25, -0.2) is 4.98 Å². The maximum absolute atomic E-state index is 13.4. The van der Waals surface area contributed by atoms with Crippen molar-refractivity contribution in [1.29, 1.82) is 0 Å². The second-order valence-electron chi connectivity index (χ2n) is 4.48. The number of pyridine rings is 1. The number of nitrogens with two attached hydrogens (primary N) is 1. The highest BCUT2D eigenvalue weighted by atomic mass is 19.1. The molecule has 0 amide bonds. The normalized spacial score (nSPS) is 16.4. The fourth-order valence-electron chi connectivity index (χ4n) is 2.17. The molecule has 1 atom stereocenters. The van der Waals surface area contributed by atoms with E-state index in [-0.39, 0.29) is 6.17 Å². The Morgan fingerprint density at radius 3 is 2.95 bits per heavy atom. The van der Waals surface area contributed by atoms with Crippen molar-refractivity contribution in [3.63, 3.8) is 0 Å².